The Bertz CT molecular complexity index is 1130. The van der Waals surface area contributed by atoms with Gasteiger partial charge in [0.25, 0.3) is 5.91 Å². The van der Waals surface area contributed by atoms with Gasteiger partial charge in [0.05, 0.1) is 0 Å². The van der Waals surface area contributed by atoms with Crippen LogP contribution in [0.2, 0.25) is 0 Å². The third-order valence-corrected chi connectivity index (χ3v) is 4.80. The minimum absolute atomic E-state index is 0.0386. The normalized spacial score (nSPS) is 10.8. The highest BCUT2D eigenvalue weighted by Crippen LogP contribution is 2.24. The molecule has 0 radical (unpaired) electrons. The molecular weight excluding hydrogens is 374 g/mol. The van der Waals surface area contributed by atoms with Gasteiger partial charge >= 0.3 is 6.01 Å². The number of anilines is 1. The molecule has 1 N–H and O–H groups in total. The summed E-state index contributed by atoms with van der Waals surface area (Å²) in [7, 11) is 0. The number of ether oxygens (including phenoxy) is 1. The van der Waals surface area contributed by atoms with Gasteiger partial charge in [-0.1, -0.05) is 41.5 Å². The molecule has 0 aliphatic carbocycles. The minimum Gasteiger partial charge on any atom is -0.484 e. The molecule has 0 fully saturated rings. The van der Waals surface area contributed by atoms with E-state index < -0.39 is 0 Å². The number of nitrogens with one attached hydrogen (secondary N) is 1. The lowest BCUT2D eigenvalue weighted by molar-refractivity contribution is -0.118. The van der Waals surface area contributed by atoms with E-state index in [1.54, 1.807) is 11.8 Å². The maximum Gasteiger partial charge on any atom is 0.322 e. The molecule has 0 bridgehead atoms. The van der Waals surface area contributed by atoms with E-state index in [1.165, 1.54) is 0 Å². The fourth-order valence-electron chi connectivity index (χ4n) is 2.71. The molecule has 1 aromatic heterocycles. The van der Waals surface area contributed by atoms with Crippen LogP contribution in [-0.2, 0) is 4.79 Å². The summed E-state index contributed by atoms with van der Waals surface area (Å²) in [6.07, 6.45) is 1.99. The van der Waals surface area contributed by atoms with Crippen molar-refractivity contribution in [3.05, 3.63) is 66.7 Å². The number of amides is 1. The second kappa shape index (κ2) is 8.14. The molecule has 0 saturated carbocycles. The third-order valence-electron chi connectivity index (χ3n) is 4.08. The summed E-state index contributed by atoms with van der Waals surface area (Å²) in [5, 5.41) is 12.6. The average Bonchev–Trinajstić information content (AvgIpc) is 3.20. The maximum absolute atomic E-state index is 12.1. The van der Waals surface area contributed by atoms with Crippen molar-refractivity contribution in [2.75, 3.05) is 18.2 Å². The Morgan fingerprint density at radius 3 is 2.75 bits per heavy atom. The largest absolute Gasteiger partial charge is 0.484 e. The first-order valence-corrected chi connectivity index (χ1v) is 9.83. The summed E-state index contributed by atoms with van der Waals surface area (Å²) < 4.78 is 11.1. The van der Waals surface area contributed by atoms with Gasteiger partial charge in [0.15, 0.2) is 6.61 Å². The van der Waals surface area contributed by atoms with Crippen LogP contribution in [-0.4, -0.2) is 29.0 Å². The standard InChI is InChI=1S/C21H17N3O3S/c1-28-18-8-4-7-16(12-18)20-23-24-21(27-20)22-19(25)13-26-17-10-9-14-5-2-3-6-15(14)11-17/h2-12H,13H2,1H3,(H,22,24,25). The summed E-state index contributed by atoms with van der Waals surface area (Å²) in [5.41, 5.74) is 0.798. The first-order valence-electron chi connectivity index (χ1n) is 8.61. The van der Waals surface area contributed by atoms with Crippen LogP contribution in [0.25, 0.3) is 22.2 Å². The number of fused-ring (bicyclic) bond motifs is 1. The third kappa shape index (κ3) is 4.15. The fourth-order valence-corrected chi connectivity index (χ4v) is 3.17. The first kappa shape index (κ1) is 18.1. The van der Waals surface area contributed by atoms with E-state index in [0.717, 1.165) is 21.2 Å². The Balaban J connectivity index is 1.37. The highest BCUT2D eigenvalue weighted by atomic mass is 32.2. The predicted octanol–water partition coefficient (Wildman–Crippen LogP) is 4.63. The highest BCUT2D eigenvalue weighted by Gasteiger charge is 2.12. The second-order valence-corrected chi connectivity index (χ2v) is 6.87. The average molecular weight is 391 g/mol. The van der Waals surface area contributed by atoms with Gasteiger partial charge in [-0.15, -0.1) is 16.9 Å². The van der Waals surface area contributed by atoms with Crippen molar-refractivity contribution in [1.82, 2.24) is 10.2 Å². The molecule has 3 aromatic carbocycles. The van der Waals surface area contributed by atoms with Crippen molar-refractivity contribution in [2.24, 2.45) is 0 Å². The summed E-state index contributed by atoms with van der Waals surface area (Å²) in [6.45, 7) is -0.155. The molecule has 6 nitrogen and oxygen atoms in total. The first-order chi connectivity index (χ1) is 13.7. The lowest BCUT2D eigenvalue weighted by Crippen LogP contribution is -2.20. The van der Waals surface area contributed by atoms with E-state index in [0.29, 0.717) is 11.6 Å². The number of carbonyl (C=O) groups is 1. The molecule has 0 aliphatic heterocycles. The molecule has 1 amide bonds. The quantitative estimate of drug-likeness (QED) is 0.483. The van der Waals surface area contributed by atoms with Crippen molar-refractivity contribution in [3.63, 3.8) is 0 Å². The number of carbonyl (C=O) groups excluding carboxylic acids is 1. The Morgan fingerprint density at radius 1 is 1.04 bits per heavy atom. The van der Waals surface area contributed by atoms with Crippen LogP contribution in [0.1, 0.15) is 0 Å². The molecule has 0 spiro atoms. The van der Waals surface area contributed by atoms with E-state index >= 15 is 0 Å². The van der Waals surface area contributed by atoms with Crippen molar-refractivity contribution < 1.29 is 13.9 Å². The van der Waals surface area contributed by atoms with E-state index in [-0.39, 0.29) is 18.5 Å². The maximum atomic E-state index is 12.1. The molecule has 28 heavy (non-hydrogen) atoms. The van der Waals surface area contributed by atoms with Crippen molar-refractivity contribution in [3.8, 4) is 17.2 Å². The Kier molecular flexibility index (Phi) is 5.25. The van der Waals surface area contributed by atoms with Crippen LogP contribution in [0.15, 0.2) is 76.0 Å². The number of thioether (sulfide) groups is 1. The monoisotopic (exact) mass is 391 g/mol. The second-order valence-electron chi connectivity index (χ2n) is 5.99. The SMILES string of the molecule is CSc1cccc(-c2nnc(NC(=O)COc3ccc4ccccc4c3)o2)c1. The number of benzene rings is 3. The molecule has 140 valence electrons. The zero-order valence-electron chi connectivity index (χ0n) is 15.1. The van der Waals surface area contributed by atoms with Gasteiger partial charge in [0.2, 0.25) is 5.89 Å². The van der Waals surface area contributed by atoms with Crippen molar-refractivity contribution in [2.45, 2.75) is 4.90 Å². The zero-order chi connectivity index (χ0) is 19.3. The number of nitrogens with zero attached hydrogens (tertiary/aromatic N) is 2. The van der Waals surface area contributed by atoms with E-state index in [2.05, 4.69) is 15.5 Å². The molecule has 0 aliphatic rings. The van der Waals surface area contributed by atoms with Crippen LogP contribution < -0.4 is 10.1 Å². The lowest BCUT2D eigenvalue weighted by Gasteiger charge is -2.06. The summed E-state index contributed by atoms with van der Waals surface area (Å²) >= 11 is 1.62. The predicted molar refractivity (Wildman–Crippen MR) is 110 cm³/mol. The smallest absolute Gasteiger partial charge is 0.322 e. The van der Waals surface area contributed by atoms with Gasteiger partial charge in [-0.05, 0) is 47.4 Å². The highest BCUT2D eigenvalue weighted by molar-refractivity contribution is 7.98. The molecule has 1 heterocycles. The van der Waals surface area contributed by atoms with E-state index in [9.17, 15) is 4.79 Å². The summed E-state index contributed by atoms with van der Waals surface area (Å²) in [6, 6.07) is 21.4. The Hall–Kier alpha value is -3.32. The molecular formula is C21H17N3O3S. The molecule has 0 saturated heterocycles. The van der Waals surface area contributed by atoms with E-state index in [1.807, 2.05) is 73.0 Å². The van der Waals surface area contributed by atoms with E-state index in [4.69, 9.17) is 9.15 Å². The fraction of sp³-hybridized carbons (Fsp3) is 0.0952. The molecule has 4 aromatic rings. The molecule has 7 heteroatoms. The zero-order valence-corrected chi connectivity index (χ0v) is 15.9. The lowest BCUT2D eigenvalue weighted by atomic mass is 10.1. The van der Waals surface area contributed by atoms with Gasteiger partial charge in [0, 0.05) is 10.5 Å². The number of rotatable bonds is 6. The summed E-state index contributed by atoms with van der Waals surface area (Å²) in [4.78, 5) is 13.2. The van der Waals surface area contributed by atoms with Crippen LogP contribution in [0.5, 0.6) is 5.75 Å². The van der Waals surface area contributed by atoms with Crippen LogP contribution in [0, 0.1) is 0 Å². The Morgan fingerprint density at radius 2 is 1.89 bits per heavy atom. The van der Waals surface area contributed by atoms with Gasteiger partial charge in [-0.3, -0.25) is 10.1 Å². The molecule has 0 unspecified atom stereocenters. The van der Waals surface area contributed by atoms with Gasteiger partial charge in [0.1, 0.15) is 5.75 Å². The van der Waals surface area contributed by atoms with Crippen LogP contribution in [0.4, 0.5) is 6.01 Å². The number of hydrogen-bond acceptors (Lipinski definition) is 6. The van der Waals surface area contributed by atoms with Crippen molar-refractivity contribution >= 4 is 34.5 Å². The molecule has 0 atom stereocenters. The topological polar surface area (TPSA) is 77.2 Å². The molecule has 4 rings (SSSR count). The minimum atomic E-state index is -0.374. The Labute approximate surface area is 165 Å². The van der Waals surface area contributed by atoms with Crippen molar-refractivity contribution in [1.29, 1.82) is 0 Å². The number of aromatic nitrogens is 2. The van der Waals surface area contributed by atoms with Crippen LogP contribution in [0.3, 0.4) is 0 Å². The van der Waals surface area contributed by atoms with Crippen LogP contribution >= 0.6 is 11.8 Å². The number of hydrogen-bond donors (Lipinski definition) is 1. The summed E-state index contributed by atoms with van der Waals surface area (Å²) in [5.74, 6) is 0.594. The van der Waals surface area contributed by atoms with Gasteiger partial charge < -0.3 is 9.15 Å². The van der Waals surface area contributed by atoms with Gasteiger partial charge in [-0.25, -0.2) is 0 Å². The van der Waals surface area contributed by atoms with Gasteiger partial charge in [-0.2, -0.15) is 0 Å².